The predicted octanol–water partition coefficient (Wildman–Crippen LogP) is 2.87. The van der Waals surface area contributed by atoms with Crippen LogP contribution < -0.4 is 0 Å². The van der Waals surface area contributed by atoms with Crippen LogP contribution in [0.15, 0.2) is 12.2 Å². The van der Waals surface area contributed by atoms with Crippen molar-refractivity contribution in [2.75, 3.05) is 13.2 Å². The average molecular weight is 256 g/mol. The summed E-state index contributed by atoms with van der Waals surface area (Å²) in [6.45, 7) is 9.37. The molecule has 0 heterocycles. The highest BCUT2D eigenvalue weighted by atomic mass is 16.5. The number of hydrogen-bond acceptors (Lipinski definition) is 4. The molecule has 0 spiro atoms. The third-order valence-corrected chi connectivity index (χ3v) is 2.73. The fourth-order valence-electron chi connectivity index (χ4n) is 1.44. The van der Waals surface area contributed by atoms with Crippen LogP contribution in [0.4, 0.5) is 0 Å². The van der Waals surface area contributed by atoms with Gasteiger partial charge in [-0.1, -0.05) is 39.7 Å². The van der Waals surface area contributed by atoms with E-state index in [4.69, 9.17) is 4.74 Å². The largest absolute Gasteiger partial charge is 0.462 e. The van der Waals surface area contributed by atoms with Crippen LogP contribution in [-0.4, -0.2) is 25.2 Å². The molecule has 0 N–H and O–H groups in total. The first kappa shape index (κ1) is 16.7. The minimum atomic E-state index is -0.480. The van der Waals surface area contributed by atoms with Crippen molar-refractivity contribution in [3.8, 4) is 0 Å². The molecule has 0 saturated heterocycles. The molecule has 0 aromatic heterocycles. The minimum absolute atomic E-state index is 0.0973. The SMILES string of the molecule is C=C(COC(C)=O)C(=O)OCC(CC)CCCC. The Balaban J connectivity index is 3.92. The first-order chi connectivity index (χ1) is 8.51. The van der Waals surface area contributed by atoms with Crippen LogP contribution in [0.25, 0.3) is 0 Å². The lowest BCUT2D eigenvalue weighted by molar-refractivity contribution is -0.143. The number of ether oxygens (including phenoxy) is 2. The highest BCUT2D eigenvalue weighted by Gasteiger charge is 2.13. The van der Waals surface area contributed by atoms with E-state index in [1.165, 1.54) is 6.92 Å². The second-order valence-electron chi connectivity index (χ2n) is 4.40. The van der Waals surface area contributed by atoms with Crippen LogP contribution in [0.2, 0.25) is 0 Å². The van der Waals surface area contributed by atoms with Crippen molar-refractivity contribution in [1.82, 2.24) is 0 Å². The van der Waals surface area contributed by atoms with E-state index in [1.54, 1.807) is 0 Å². The summed E-state index contributed by atoms with van der Waals surface area (Å²) < 4.78 is 9.84. The molecule has 104 valence electrons. The standard InChI is InChI=1S/C14H24O4/c1-5-7-8-13(6-2)10-18-14(16)11(3)9-17-12(4)15/h13H,3,5-10H2,1-2,4H3. The maximum atomic E-state index is 11.5. The molecule has 1 unspecified atom stereocenters. The molecular weight excluding hydrogens is 232 g/mol. The second kappa shape index (κ2) is 9.68. The minimum Gasteiger partial charge on any atom is -0.462 e. The lowest BCUT2D eigenvalue weighted by atomic mass is 10.0. The van der Waals surface area contributed by atoms with Crippen molar-refractivity contribution in [2.45, 2.75) is 46.5 Å². The van der Waals surface area contributed by atoms with Gasteiger partial charge in [0, 0.05) is 6.92 Å². The van der Waals surface area contributed by atoms with Crippen molar-refractivity contribution in [3.63, 3.8) is 0 Å². The van der Waals surface area contributed by atoms with Gasteiger partial charge in [-0.25, -0.2) is 4.79 Å². The van der Waals surface area contributed by atoms with E-state index in [1.807, 2.05) is 0 Å². The van der Waals surface area contributed by atoms with Crippen molar-refractivity contribution >= 4 is 11.9 Å². The maximum absolute atomic E-state index is 11.5. The van der Waals surface area contributed by atoms with Gasteiger partial charge in [-0.05, 0) is 12.3 Å². The van der Waals surface area contributed by atoms with Gasteiger partial charge in [0.05, 0.1) is 12.2 Å². The average Bonchev–Trinajstić information content (AvgIpc) is 2.35. The van der Waals surface area contributed by atoms with Gasteiger partial charge >= 0.3 is 11.9 Å². The molecule has 0 aromatic rings. The Hall–Kier alpha value is -1.32. The van der Waals surface area contributed by atoms with Crippen LogP contribution >= 0.6 is 0 Å². The Kier molecular flexibility index (Phi) is 8.97. The monoisotopic (exact) mass is 256 g/mol. The smallest absolute Gasteiger partial charge is 0.336 e. The number of carbonyl (C=O) groups is 2. The molecule has 1 atom stereocenters. The summed E-state index contributed by atoms with van der Waals surface area (Å²) in [6, 6.07) is 0. The first-order valence-electron chi connectivity index (χ1n) is 6.49. The molecule has 0 saturated carbocycles. The highest BCUT2D eigenvalue weighted by Crippen LogP contribution is 2.13. The van der Waals surface area contributed by atoms with E-state index in [9.17, 15) is 9.59 Å². The molecule has 0 aromatic carbocycles. The van der Waals surface area contributed by atoms with Gasteiger partial charge < -0.3 is 9.47 Å². The molecule has 0 amide bonds. The van der Waals surface area contributed by atoms with Crippen LogP contribution in [0, 0.1) is 5.92 Å². The fraction of sp³-hybridized carbons (Fsp3) is 0.714. The van der Waals surface area contributed by atoms with Crippen LogP contribution in [-0.2, 0) is 19.1 Å². The molecule has 0 fully saturated rings. The van der Waals surface area contributed by atoms with Gasteiger partial charge in [0.25, 0.3) is 0 Å². The molecule has 0 aliphatic heterocycles. The topological polar surface area (TPSA) is 52.6 Å². The zero-order valence-corrected chi connectivity index (χ0v) is 11.7. The van der Waals surface area contributed by atoms with Gasteiger partial charge in [-0.3, -0.25) is 4.79 Å². The van der Waals surface area contributed by atoms with E-state index in [0.717, 1.165) is 25.7 Å². The molecule has 0 radical (unpaired) electrons. The van der Waals surface area contributed by atoms with Crippen LogP contribution in [0.3, 0.4) is 0 Å². The molecule has 0 bridgehead atoms. The summed E-state index contributed by atoms with van der Waals surface area (Å²) in [6.07, 6.45) is 4.34. The van der Waals surface area contributed by atoms with Crippen LogP contribution in [0.1, 0.15) is 46.5 Å². The molecule has 0 aliphatic carbocycles. The summed E-state index contributed by atoms with van der Waals surface area (Å²) in [5.41, 5.74) is 0.176. The summed E-state index contributed by atoms with van der Waals surface area (Å²) in [7, 11) is 0. The summed E-state index contributed by atoms with van der Waals surface area (Å²) >= 11 is 0. The fourth-order valence-corrected chi connectivity index (χ4v) is 1.44. The quantitative estimate of drug-likeness (QED) is 0.470. The Bertz CT molecular complexity index is 284. The zero-order valence-electron chi connectivity index (χ0n) is 11.7. The molecule has 18 heavy (non-hydrogen) atoms. The molecule has 0 rings (SSSR count). The van der Waals surface area contributed by atoms with Crippen LogP contribution in [0.5, 0.6) is 0 Å². The molecule has 4 heteroatoms. The number of rotatable bonds is 9. The van der Waals surface area contributed by atoms with E-state index in [-0.39, 0.29) is 12.2 Å². The highest BCUT2D eigenvalue weighted by molar-refractivity contribution is 5.88. The number of esters is 2. The van der Waals surface area contributed by atoms with Crippen molar-refractivity contribution in [2.24, 2.45) is 5.92 Å². The molecule has 0 aliphatic rings. The second-order valence-corrected chi connectivity index (χ2v) is 4.40. The van der Waals surface area contributed by atoms with Gasteiger partial charge in [0.15, 0.2) is 0 Å². The third-order valence-electron chi connectivity index (χ3n) is 2.73. The van der Waals surface area contributed by atoms with E-state index < -0.39 is 11.9 Å². The predicted molar refractivity (Wildman–Crippen MR) is 70.0 cm³/mol. The lowest BCUT2D eigenvalue weighted by Crippen LogP contribution is -2.17. The third kappa shape index (κ3) is 7.87. The molecular formula is C14H24O4. The number of carbonyl (C=O) groups excluding carboxylic acids is 2. The maximum Gasteiger partial charge on any atom is 0.336 e. The Morgan fingerprint density at radius 3 is 2.39 bits per heavy atom. The van der Waals surface area contributed by atoms with Gasteiger partial charge in [-0.15, -0.1) is 0 Å². The normalized spacial score (nSPS) is 11.7. The van der Waals surface area contributed by atoms with Gasteiger partial charge in [-0.2, -0.15) is 0 Å². The Morgan fingerprint density at radius 1 is 1.22 bits per heavy atom. The number of unbranched alkanes of at least 4 members (excludes halogenated alkanes) is 1. The lowest BCUT2D eigenvalue weighted by Gasteiger charge is -2.15. The van der Waals surface area contributed by atoms with Crippen molar-refractivity contribution in [3.05, 3.63) is 12.2 Å². The summed E-state index contributed by atoms with van der Waals surface area (Å²) in [5.74, 6) is -0.514. The van der Waals surface area contributed by atoms with Gasteiger partial charge in [0.1, 0.15) is 6.61 Å². The zero-order chi connectivity index (χ0) is 14.0. The van der Waals surface area contributed by atoms with E-state index in [2.05, 4.69) is 25.2 Å². The first-order valence-corrected chi connectivity index (χ1v) is 6.49. The van der Waals surface area contributed by atoms with E-state index in [0.29, 0.717) is 12.5 Å². The van der Waals surface area contributed by atoms with E-state index >= 15 is 0 Å². The van der Waals surface area contributed by atoms with Crippen molar-refractivity contribution in [1.29, 1.82) is 0 Å². The summed E-state index contributed by atoms with van der Waals surface area (Å²) in [5, 5.41) is 0. The molecule has 4 nitrogen and oxygen atoms in total. The summed E-state index contributed by atoms with van der Waals surface area (Å²) in [4.78, 5) is 22.1. The number of hydrogen-bond donors (Lipinski definition) is 0. The van der Waals surface area contributed by atoms with Gasteiger partial charge in [0.2, 0.25) is 0 Å². The Morgan fingerprint density at radius 2 is 1.89 bits per heavy atom. The van der Waals surface area contributed by atoms with Crippen molar-refractivity contribution < 1.29 is 19.1 Å². The Labute approximate surface area is 109 Å².